The molecular formula is C72H133NO8P+. The molecule has 0 fully saturated rings. The van der Waals surface area contributed by atoms with Gasteiger partial charge >= 0.3 is 19.8 Å². The highest BCUT2D eigenvalue weighted by molar-refractivity contribution is 7.47. The number of likely N-dealkylation sites (N-methyl/N-ethyl adjacent to an activating group) is 1. The first-order valence-corrected chi connectivity index (χ1v) is 36.2. The van der Waals surface area contributed by atoms with Gasteiger partial charge < -0.3 is 18.9 Å². The molecule has 0 aliphatic carbocycles. The van der Waals surface area contributed by atoms with Crippen molar-refractivity contribution in [1.82, 2.24) is 0 Å². The number of hydrogen-bond acceptors (Lipinski definition) is 7. The molecule has 0 amide bonds. The summed E-state index contributed by atoms with van der Waals surface area (Å²) in [6.07, 6.45) is 84.3. The molecule has 0 aromatic heterocycles. The van der Waals surface area contributed by atoms with Gasteiger partial charge in [-0.05, 0) is 64.2 Å². The standard InChI is InChI=1S/C72H132NO8P/c1-6-8-10-12-14-16-18-20-22-24-26-28-30-32-34-35-36-37-39-41-43-45-47-49-51-53-55-57-59-61-63-65-72(75)81-70(69-80-82(76,77)79-67-66-73(3,4)5)68-78-71(74)64-62-60-58-56-54-52-50-48-46-44-42-40-38-33-31-29-27-25-23-21-19-17-15-13-11-9-7-2/h8,10,14,16,20,22,26,28,32,34,36-37,70H,6-7,9,11-13,15,17-19,21,23-25,27,29-31,33,35,38-69H2,1-5H3/p+1/b10-8-,16-14-,22-20-,28-26-,34-32-,37-36-. The molecule has 0 spiro atoms. The molecule has 0 saturated carbocycles. The van der Waals surface area contributed by atoms with Crippen molar-refractivity contribution in [2.24, 2.45) is 0 Å². The summed E-state index contributed by atoms with van der Waals surface area (Å²) in [4.78, 5) is 35.9. The molecule has 0 aliphatic heterocycles. The van der Waals surface area contributed by atoms with Crippen LogP contribution < -0.4 is 0 Å². The molecule has 0 aliphatic rings. The Bertz CT molecular complexity index is 1610. The van der Waals surface area contributed by atoms with Gasteiger partial charge in [0.25, 0.3) is 0 Å². The summed E-state index contributed by atoms with van der Waals surface area (Å²) in [5.41, 5.74) is 0. The summed E-state index contributed by atoms with van der Waals surface area (Å²) in [5, 5.41) is 0. The number of phosphoric ester groups is 1. The second-order valence-electron chi connectivity index (χ2n) is 24.5. The summed E-state index contributed by atoms with van der Waals surface area (Å²) in [6.45, 7) is 4.37. The Kier molecular flexibility index (Phi) is 61.0. The van der Waals surface area contributed by atoms with Crippen molar-refractivity contribution in [2.45, 2.75) is 328 Å². The van der Waals surface area contributed by atoms with E-state index in [-0.39, 0.29) is 25.6 Å². The topological polar surface area (TPSA) is 108 Å². The van der Waals surface area contributed by atoms with Crippen molar-refractivity contribution in [3.05, 3.63) is 72.9 Å². The Hall–Kier alpha value is -2.55. The van der Waals surface area contributed by atoms with E-state index in [9.17, 15) is 19.0 Å². The van der Waals surface area contributed by atoms with Crippen LogP contribution in [0.4, 0.5) is 0 Å². The third kappa shape index (κ3) is 66.6. The fourth-order valence-electron chi connectivity index (χ4n) is 9.96. The first-order chi connectivity index (χ1) is 40.0. The number of unbranched alkanes of at least 4 members (excludes halogenated alkanes) is 38. The van der Waals surface area contributed by atoms with Gasteiger partial charge in [-0.2, -0.15) is 0 Å². The summed E-state index contributed by atoms with van der Waals surface area (Å²) in [7, 11) is 1.48. The van der Waals surface area contributed by atoms with Gasteiger partial charge in [0.15, 0.2) is 6.10 Å². The van der Waals surface area contributed by atoms with E-state index in [2.05, 4.69) is 86.8 Å². The number of nitrogens with zero attached hydrogens (tertiary/aromatic N) is 1. The Morgan fingerprint density at radius 3 is 1.04 bits per heavy atom. The van der Waals surface area contributed by atoms with E-state index in [0.717, 1.165) is 77.0 Å². The zero-order valence-corrected chi connectivity index (χ0v) is 55.4. The molecule has 2 atom stereocenters. The van der Waals surface area contributed by atoms with E-state index in [1.807, 2.05) is 21.1 Å². The van der Waals surface area contributed by atoms with Crippen LogP contribution in [0, 0.1) is 0 Å². The second-order valence-corrected chi connectivity index (χ2v) is 26.0. The number of rotatable bonds is 64. The first-order valence-electron chi connectivity index (χ1n) is 34.7. The van der Waals surface area contributed by atoms with Crippen LogP contribution >= 0.6 is 7.82 Å². The lowest BCUT2D eigenvalue weighted by Gasteiger charge is -2.24. The van der Waals surface area contributed by atoms with Crippen molar-refractivity contribution >= 4 is 19.8 Å². The third-order valence-electron chi connectivity index (χ3n) is 15.3. The lowest BCUT2D eigenvalue weighted by Crippen LogP contribution is -2.37. The van der Waals surface area contributed by atoms with Crippen molar-refractivity contribution in [2.75, 3.05) is 47.5 Å². The lowest BCUT2D eigenvalue weighted by molar-refractivity contribution is -0.870. The van der Waals surface area contributed by atoms with Crippen LogP contribution in [0.25, 0.3) is 0 Å². The molecule has 9 nitrogen and oxygen atoms in total. The van der Waals surface area contributed by atoms with Gasteiger partial charge in [-0.15, -0.1) is 0 Å². The van der Waals surface area contributed by atoms with Crippen molar-refractivity contribution in [1.29, 1.82) is 0 Å². The van der Waals surface area contributed by atoms with Crippen LogP contribution in [0.3, 0.4) is 0 Å². The molecular weight excluding hydrogens is 1040 g/mol. The minimum absolute atomic E-state index is 0.0310. The minimum Gasteiger partial charge on any atom is -0.462 e. The average molecular weight is 1170 g/mol. The highest BCUT2D eigenvalue weighted by atomic mass is 31.2. The van der Waals surface area contributed by atoms with E-state index >= 15 is 0 Å². The minimum atomic E-state index is -4.39. The molecule has 0 aromatic rings. The number of carbonyl (C=O) groups excluding carboxylic acids is 2. The maximum atomic E-state index is 12.9. The van der Waals surface area contributed by atoms with Gasteiger partial charge in [0.05, 0.1) is 27.7 Å². The number of ether oxygens (including phenoxy) is 2. The molecule has 0 rings (SSSR count). The van der Waals surface area contributed by atoms with Crippen LogP contribution in [0.2, 0.25) is 0 Å². The van der Waals surface area contributed by atoms with Crippen LogP contribution in [-0.4, -0.2) is 74.9 Å². The lowest BCUT2D eigenvalue weighted by atomic mass is 10.0. The Morgan fingerprint density at radius 2 is 0.695 bits per heavy atom. The van der Waals surface area contributed by atoms with Gasteiger partial charge in [-0.3, -0.25) is 18.6 Å². The van der Waals surface area contributed by atoms with Crippen LogP contribution in [0.5, 0.6) is 0 Å². The molecule has 0 radical (unpaired) electrons. The first kappa shape index (κ1) is 79.5. The van der Waals surface area contributed by atoms with Gasteiger partial charge in [0.2, 0.25) is 0 Å². The number of esters is 2. The number of quaternary nitrogens is 1. The predicted molar refractivity (Wildman–Crippen MR) is 353 cm³/mol. The zero-order chi connectivity index (χ0) is 59.8. The quantitative estimate of drug-likeness (QED) is 0.0211. The molecule has 10 heteroatoms. The number of carbonyl (C=O) groups is 2. The Morgan fingerprint density at radius 1 is 0.390 bits per heavy atom. The monoisotopic (exact) mass is 1170 g/mol. The van der Waals surface area contributed by atoms with Crippen LogP contribution in [0.15, 0.2) is 72.9 Å². The van der Waals surface area contributed by atoms with Gasteiger partial charge in [0, 0.05) is 12.8 Å². The van der Waals surface area contributed by atoms with E-state index in [1.54, 1.807) is 0 Å². The molecule has 2 unspecified atom stereocenters. The molecule has 0 saturated heterocycles. The summed E-state index contributed by atoms with van der Waals surface area (Å²) in [5.74, 6) is -0.786. The predicted octanol–water partition coefficient (Wildman–Crippen LogP) is 22.4. The average Bonchev–Trinajstić information content (AvgIpc) is 3.46. The number of allylic oxidation sites excluding steroid dienone is 12. The normalized spacial score (nSPS) is 13.6. The van der Waals surface area contributed by atoms with Gasteiger partial charge in [-0.1, -0.05) is 318 Å². The molecule has 0 bridgehead atoms. The smallest absolute Gasteiger partial charge is 0.462 e. The van der Waals surface area contributed by atoms with E-state index in [4.69, 9.17) is 18.5 Å². The van der Waals surface area contributed by atoms with Crippen LogP contribution in [-0.2, 0) is 32.7 Å². The largest absolute Gasteiger partial charge is 0.472 e. The summed E-state index contributed by atoms with van der Waals surface area (Å²) in [6, 6.07) is 0. The molecule has 478 valence electrons. The maximum Gasteiger partial charge on any atom is 0.472 e. The number of phosphoric acid groups is 1. The van der Waals surface area contributed by atoms with Crippen LogP contribution in [0.1, 0.15) is 322 Å². The van der Waals surface area contributed by atoms with E-state index in [1.165, 1.54) is 212 Å². The fourth-order valence-corrected chi connectivity index (χ4v) is 10.7. The fraction of sp³-hybridized carbons (Fsp3) is 0.806. The Labute approximate surface area is 508 Å². The SMILES string of the molecule is CC/C=C\C/C=C\C/C=C\C/C=C\C/C=C\C/C=C\CCCCCCCCCCCCCCC(=O)OC(COC(=O)CCCCCCCCCCCCCCCCCCCCCCCCCCCCC)COP(=O)(O)OCC[N+](C)(C)C. The van der Waals surface area contributed by atoms with E-state index in [0.29, 0.717) is 23.9 Å². The molecule has 0 heterocycles. The molecule has 1 N–H and O–H groups in total. The van der Waals surface area contributed by atoms with Crippen molar-refractivity contribution < 1.29 is 42.1 Å². The highest BCUT2D eigenvalue weighted by Gasteiger charge is 2.27. The summed E-state index contributed by atoms with van der Waals surface area (Å²) < 4.78 is 34.7. The third-order valence-corrected chi connectivity index (χ3v) is 16.2. The number of hydrogen-bond donors (Lipinski definition) is 1. The van der Waals surface area contributed by atoms with Crippen molar-refractivity contribution in [3.8, 4) is 0 Å². The molecule has 82 heavy (non-hydrogen) atoms. The maximum absolute atomic E-state index is 12.9. The summed E-state index contributed by atoms with van der Waals surface area (Å²) >= 11 is 0. The van der Waals surface area contributed by atoms with E-state index < -0.39 is 26.5 Å². The van der Waals surface area contributed by atoms with Gasteiger partial charge in [0.1, 0.15) is 19.8 Å². The highest BCUT2D eigenvalue weighted by Crippen LogP contribution is 2.43. The Balaban J connectivity index is 4.05. The van der Waals surface area contributed by atoms with Gasteiger partial charge in [-0.25, -0.2) is 4.57 Å². The molecule has 0 aromatic carbocycles. The zero-order valence-electron chi connectivity index (χ0n) is 54.5. The second kappa shape index (κ2) is 63.0. The van der Waals surface area contributed by atoms with Crippen molar-refractivity contribution in [3.63, 3.8) is 0 Å².